The number of hydrogen-bond acceptors (Lipinski definition) is 4. The maximum atomic E-state index is 12.4. The van der Waals surface area contributed by atoms with Crippen LogP contribution in [0.4, 0.5) is 5.69 Å². The van der Waals surface area contributed by atoms with Crippen molar-refractivity contribution in [2.24, 2.45) is 4.99 Å². The van der Waals surface area contributed by atoms with Gasteiger partial charge < -0.3 is 15.0 Å². The Labute approximate surface area is 173 Å². The van der Waals surface area contributed by atoms with Crippen molar-refractivity contribution in [1.29, 1.82) is 0 Å². The molecule has 7 heteroatoms. The molecule has 0 radical (unpaired) electrons. The number of esters is 1. The zero-order chi connectivity index (χ0) is 19.9. The van der Waals surface area contributed by atoms with Crippen molar-refractivity contribution in [3.8, 4) is 0 Å². The molecule has 0 atom stereocenters. The number of carbonyl (C=O) groups excluding carboxylic acids is 1. The van der Waals surface area contributed by atoms with E-state index in [1.807, 2.05) is 48.7 Å². The highest BCUT2D eigenvalue weighted by Crippen LogP contribution is 2.27. The average Bonchev–Trinajstić information content (AvgIpc) is 3.06. The molecule has 0 bridgehead atoms. The lowest BCUT2D eigenvalue weighted by molar-refractivity contribution is 0.0519. The summed E-state index contributed by atoms with van der Waals surface area (Å²) < 4.78 is 5.20. The van der Waals surface area contributed by atoms with E-state index in [0.717, 1.165) is 27.3 Å². The zero-order valence-electron chi connectivity index (χ0n) is 15.8. The summed E-state index contributed by atoms with van der Waals surface area (Å²) in [5.74, 6) is -0.360. The summed E-state index contributed by atoms with van der Waals surface area (Å²) in [6.07, 6.45) is 2.57. The van der Waals surface area contributed by atoms with Gasteiger partial charge in [-0.2, -0.15) is 0 Å². The van der Waals surface area contributed by atoms with Gasteiger partial charge in [0.1, 0.15) is 5.69 Å². The van der Waals surface area contributed by atoms with E-state index in [1.54, 1.807) is 24.8 Å². The first kappa shape index (κ1) is 20.3. The van der Waals surface area contributed by atoms with Crippen LogP contribution in [0.15, 0.2) is 53.5 Å². The van der Waals surface area contributed by atoms with Gasteiger partial charge in [0.2, 0.25) is 0 Å². The van der Waals surface area contributed by atoms with E-state index in [1.165, 1.54) is 0 Å². The van der Waals surface area contributed by atoms with Crippen molar-refractivity contribution in [2.45, 2.75) is 13.3 Å². The van der Waals surface area contributed by atoms with Crippen molar-refractivity contribution in [2.75, 3.05) is 24.7 Å². The molecule has 0 saturated carbocycles. The fourth-order valence-corrected chi connectivity index (χ4v) is 3.54. The normalized spacial score (nSPS) is 11.6. The fourth-order valence-electron chi connectivity index (χ4n) is 2.93. The summed E-state index contributed by atoms with van der Waals surface area (Å²) >= 11 is 7.71. The van der Waals surface area contributed by atoms with Crippen molar-refractivity contribution in [3.05, 3.63) is 64.8 Å². The molecule has 1 aromatic heterocycles. The van der Waals surface area contributed by atoms with E-state index in [9.17, 15) is 4.79 Å². The smallest absolute Gasteiger partial charge is 0.355 e. The molecule has 0 spiro atoms. The lowest BCUT2D eigenvalue weighted by atomic mass is 10.1. The van der Waals surface area contributed by atoms with Crippen LogP contribution in [0.5, 0.6) is 0 Å². The third-order valence-electron chi connectivity index (χ3n) is 4.18. The molecule has 0 aliphatic rings. The third-order valence-corrected chi connectivity index (χ3v) is 5.04. The van der Waals surface area contributed by atoms with Crippen molar-refractivity contribution >= 4 is 51.1 Å². The van der Waals surface area contributed by atoms with Gasteiger partial charge in [0.25, 0.3) is 0 Å². The topological polar surface area (TPSA) is 66.5 Å². The molecular weight excluding hydrogens is 394 g/mol. The van der Waals surface area contributed by atoms with Gasteiger partial charge in [0.05, 0.1) is 6.61 Å². The number of hydrogen-bond donors (Lipinski definition) is 2. The SMILES string of the molecule is CCOC(=O)c1[nH]c2ccc(Cl)cc2c1CCN=C(Nc1ccccc1)SC. The number of H-pyrrole nitrogens is 1. The average molecular weight is 416 g/mol. The summed E-state index contributed by atoms with van der Waals surface area (Å²) in [6.45, 7) is 2.65. The number of benzene rings is 2. The highest BCUT2D eigenvalue weighted by atomic mass is 35.5. The molecule has 1 heterocycles. The first-order valence-corrected chi connectivity index (χ1v) is 10.6. The van der Waals surface area contributed by atoms with E-state index >= 15 is 0 Å². The molecule has 0 amide bonds. The number of thioether (sulfide) groups is 1. The number of ether oxygens (including phenoxy) is 1. The molecule has 0 aliphatic heterocycles. The zero-order valence-corrected chi connectivity index (χ0v) is 17.4. The van der Waals surface area contributed by atoms with Gasteiger partial charge in [-0.25, -0.2) is 4.79 Å². The number of nitrogens with one attached hydrogen (secondary N) is 2. The van der Waals surface area contributed by atoms with Gasteiger partial charge >= 0.3 is 5.97 Å². The van der Waals surface area contributed by atoms with Gasteiger partial charge in [-0.1, -0.05) is 41.6 Å². The van der Waals surface area contributed by atoms with E-state index in [-0.39, 0.29) is 5.97 Å². The number of anilines is 1. The summed E-state index contributed by atoms with van der Waals surface area (Å²) in [4.78, 5) is 20.2. The minimum atomic E-state index is -0.360. The Morgan fingerprint density at radius 1 is 1.25 bits per heavy atom. The Morgan fingerprint density at radius 2 is 2.04 bits per heavy atom. The van der Waals surface area contributed by atoms with Crippen LogP contribution in [0.2, 0.25) is 5.02 Å². The van der Waals surface area contributed by atoms with Crippen LogP contribution in [0, 0.1) is 0 Å². The molecule has 28 heavy (non-hydrogen) atoms. The number of aliphatic imine (C=N–C) groups is 1. The van der Waals surface area contributed by atoms with Crippen molar-refractivity contribution < 1.29 is 9.53 Å². The van der Waals surface area contributed by atoms with Crippen molar-refractivity contribution in [3.63, 3.8) is 0 Å². The van der Waals surface area contributed by atoms with Crippen LogP contribution < -0.4 is 5.32 Å². The second-order valence-electron chi connectivity index (χ2n) is 6.02. The second kappa shape index (κ2) is 9.66. The third kappa shape index (κ3) is 4.88. The molecular formula is C21H22ClN3O2S. The maximum Gasteiger partial charge on any atom is 0.355 e. The molecule has 0 saturated heterocycles. The molecule has 0 unspecified atom stereocenters. The van der Waals surface area contributed by atoms with Gasteiger partial charge in [0.15, 0.2) is 5.17 Å². The lowest BCUT2D eigenvalue weighted by Gasteiger charge is -2.08. The van der Waals surface area contributed by atoms with E-state index in [4.69, 9.17) is 16.3 Å². The maximum absolute atomic E-state index is 12.4. The van der Waals surface area contributed by atoms with Crippen LogP contribution >= 0.6 is 23.4 Å². The fraction of sp³-hybridized carbons (Fsp3) is 0.238. The van der Waals surface area contributed by atoms with E-state index in [0.29, 0.717) is 30.3 Å². The molecule has 0 aliphatic carbocycles. The summed E-state index contributed by atoms with van der Waals surface area (Å²) in [6, 6.07) is 15.4. The number of amidine groups is 1. The quantitative estimate of drug-likeness (QED) is 0.322. The standard InChI is InChI=1S/C21H22ClN3O2S/c1-3-27-20(26)19-16(17-13-14(22)9-10-18(17)25-19)11-12-23-21(28-2)24-15-7-5-4-6-8-15/h4-10,13,25H,3,11-12H2,1-2H3,(H,23,24). The van der Waals surface area contributed by atoms with Gasteiger partial charge in [-0.15, -0.1) is 0 Å². The second-order valence-corrected chi connectivity index (χ2v) is 7.25. The molecule has 3 aromatic rings. The Bertz CT molecular complexity index is 986. The first-order chi connectivity index (χ1) is 13.6. The minimum absolute atomic E-state index is 0.324. The predicted octanol–water partition coefficient (Wildman–Crippen LogP) is 5.37. The minimum Gasteiger partial charge on any atom is -0.461 e. The van der Waals surface area contributed by atoms with Crippen LogP contribution in [0.3, 0.4) is 0 Å². The predicted molar refractivity (Wildman–Crippen MR) is 119 cm³/mol. The molecule has 3 rings (SSSR count). The Hall–Kier alpha value is -2.44. The van der Waals surface area contributed by atoms with Crippen LogP contribution in [-0.2, 0) is 11.2 Å². The summed E-state index contributed by atoms with van der Waals surface area (Å²) in [5.41, 5.74) is 3.19. The van der Waals surface area contributed by atoms with E-state index in [2.05, 4.69) is 15.3 Å². The Balaban J connectivity index is 1.83. The molecule has 2 aromatic carbocycles. The van der Waals surface area contributed by atoms with E-state index < -0.39 is 0 Å². The van der Waals surface area contributed by atoms with Crippen molar-refractivity contribution in [1.82, 2.24) is 4.98 Å². The van der Waals surface area contributed by atoms with Crippen LogP contribution in [0.1, 0.15) is 23.0 Å². The molecule has 5 nitrogen and oxygen atoms in total. The Kier molecular flexibility index (Phi) is 7.01. The van der Waals surface area contributed by atoms with Crippen LogP contribution in [0.25, 0.3) is 10.9 Å². The monoisotopic (exact) mass is 415 g/mol. The number of fused-ring (bicyclic) bond motifs is 1. The van der Waals surface area contributed by atoms with Crippen LogP contribution in [-0.4, -0.2) is 35.5 Å². The first-order valence-electron chi connectivity index (χ1n) is 9.00. The number of aromatic nitrogens is 1. The molecule has 2 N–H and O–H groups in total. The number of halogens is 1. The van der Waals surface area contributed by atoms with Gasteiger partial charge in [-0.3, -0.25) is 4.99 Å². The summed E-state index contributed by atoms with van der Waals surface area (Å²) in [7, 11) is 0. The summed E-state index contributed by atoms with van der Waals surface area (Å²) in [5, 5.41) is 5.68. The molecule has 0 fully saturated rings. The number of nitrogens with zero attached hydrogens (tertiary/aromatic N) is 1. The number of aromatic amines is 1. The number of rotatable bonds is 6. The van der Waals surface area contributed by atoms with Gasteiger partial charge in [-0.05, 0) is 55.5 Å². The highest BCUT2D eigenvalue weighted by Gasteiger charge is 2.18. The lowest BCUT2D eigenvalue weighted by Crippen LogP contribution is -2.10. The largest absolute Gasteiger partial charge is 0.461 e. The number of para-hydroxylation sites is 1. The Morgan fingerprint density at radius 3 is 2.75 bits per heavy atom. The highest BCUT2D eigenvalue weighted by molar-refractivity contribution is 8.13. The molecule has 146 valence electrons. The number of carbonyl (C=O) groups is 1. The van der Waals surface area contributed by atoms with Gasteiger partial charge in [0, 0.05) is 28.2 Å².